The van der Waals surface area contributed by atoms with E-state index >= 15 is 0 Å². The Morgan fingerprint density at radius 3 is 2.80 bits per heavy atom. The fourth-order valence-corrected chi connectivity index (χ4v) is 2.63. The Bertz CT molecular complexity index is 603. The van der Waals surface area contributed by atoms with Crippen molar-refractivity contribution in [3.63, 3.8) is 0 Å². The minimum atomic E-state index is -1.78. The quantitative estimate of drug-likeness (QED) is 0.828. The number of anilines is 1. The summed E-state index contributed by atoms with van der Waals surface area (Å²) in [5.74, 6) is 0.463. The fraction of sp³-hybridized carbons (Fsp3) is 0.200. The van der Waals surface area contributed by atoms with Crippen molar-refractivity contribution in [2.24, 2.45) is 0 Å². The highest BCUT2D eigenvalue weighted by Crippen LogP contribution is 2.29. The first-order valence-electron chi connectivity index (χ1n) is 6.67. The van der Waals surface area contributed by atoms with Gasteiger partial charge in [-0.05, 0) is 35.7 Å². The van der Waals surface area contributed by atoms with E-state index in [2.05, 4.69) is 29.2 Å². The normalized spacial score (nSPS) is 13.2. The first-order chi connectivity index (χ1) is 9.72. The molecule has 0 radical (unpaired) electrons. The lowest BCUT2D eigenvalue weighted by atomic mass is 10.1. The Kier molecular flexibility index (Phi) is 3.63. The van der Waals surface area contributed by atoms with Crippen molar-refractivity contribution in [3.8, 4) is 5.75 Å². The summed E-state index contributed by atoms with van der Waals surface area (Å²) in [7, 11) is -1.78. The maximum absolute atomic E-state index is 8.83. The van der Waals surface area contributed by atoms with Crippen LogP contribution >= 0.6 is 0 Å². The maximum Gasteiger partial charge on any atom is 0.707 e. The standard InChI is InChI=1S/C15H16BNO3/c18-16(19)20-14-6-3-4-12(10-14)11-17-9-8-13-5-1-2-7-15(13)17/h1-7,10,18-19H,8-9,11H2. The van der Waals surface area contributed by atoms with E-state index in [1.165, 1.54) is 11.3 Å². The highest BCUT2D eigenvalue weighted by atomic mass is 16.6. The topological polar surface area (TPSA) is 52.9 Å². The fourth-order valence-electron chi connectivity index (χ4n) is 2.63. The molecule has 0 atom stereocenters. The van der Waals surface area contributed by atoms with Gasteiger partial charge in [0.1, 0.15) is 5.75 Å². The monoisotopic (exact) mass is 269 g/mol. The van der Waals surface area contributed by atoms with Gasteiger partial charge in [0.25, 0.3) is 0 Å². The molecule has 1 aliphatic rings. The zero-order valence-electron chi connectivity index (χ0n) is 11.1. The number of hydrogen-bond donors (Lipinski definition) is 2. The van der Waals surface area contributed by atoms with Crippen molar-refractivity contribution in [2.45, 2.75) is 13.0 Å². The molecule has 102 valence electrons. The molecule has 0 spiro atoms. The lowest BCUT2D eigenvalue weighted by Gasteiger charge is -2.19. The van der Waals surface area contributed by atoms with E-state index in [-0.39, 0.29) is 0 Å². The van der Waals surface area contributed by atoms with Crippen LogP contribution in [0.15, 0.2) is 48.5 Å². The van der Waals surface area contributed by atoms with Crippen LogP contribution in [0.5, 0.6) is 5.75 Å². The van der Waals surface area contributed by atoms with Crippen molar-refractivity contribution >= 4 is 13.0 Å². The second-order valence-corrected chi connectivity index (χ2v) is 4.89. The molecule has 0 amide bonds. The molecule has 5 heteroatoms. The molecule has 1 heterocycles. The summed E-state index contributed by atoms with van der Waals surface area (Å²) >= 11 is 0. The lowest BCUT2D eigenvalue weighted by molar-refractivity contribution is 0.288. The number of hydrogen-bond acceptors (Lipinski definition) is 4. The Labute approximate surface area is 118 Å². The molecule has 20 heavy (non-hydrogen) atoms. The van der Waals surface area contributed by atoms with Crippen LogP contribution in [0.4, 0.5) is 5.69 Å². The van der Waals surface area contributed by atoms with Crippen LogP contribution in [-0.2, 0) is 13.0 Å². The summed E-state index contributed by atoms with van der Waals surface area (Å²) in [5, 5.41) is 17.7. The molecule has 0 fully saturated rings. The Morgan fingerprint density at radius 1 is 1.10 bits per heavy atom. The molecule has 2 aromatic rings. The van der Waals surface area contributed by atoms with Gasteiger partial charge in [-0.3, -0.25) is 0 Å². The van der Waals surface area contributed by atoms with Crippen molar-refractivity contribution < 1.29 is 14.7 Å². The number of benzene rings is 2. The predicted molar refractivity (Wildman–Crippen MR) is 78.5 cm³/mol. The first kappa shape index (κ1) is 13.0. The van der Waals surface area contributed by atoms with Gasteiger partial charge in [-0.1, -0.05) is 30.3 Å². The molecule has 0 saturated heterocycles. The van der Waals surface area contributed by atoms with Gasteiger partial charge < -0.3 is 19.6 Å². The van der Waals surface area contributed by atoms with Gasteiger partial charge >= 0.3 is 7.32 Å². The maximum atomic E-state index is 8.83. The summed E-state index contributed by atoms with van der Waals surface area (Å²) in [5.41, 5.74) is 3.74. The van der Waals surface area contributed by atoms with E-state index in [1.54, 1.807) is 6.07 Å². The van der Waals surface area contributed by atoms with Gasteiger partial charge in [-0.25, -0.2) is 0 Å². The van der Waals surface area contributed by atoms with Crippen molar-refractivity contribution in [3.05, 3.63) is 59.7 Å². The summed E-state index contributed by atoms with van der Waals surface area (Å²) in [6.07, 6.45) is 1.07. The van der Waals surface area contributed by atoms with Crippen molar-refractivity contribution in [1.82, 2.24) is 0 Å². The van der Waals surface area contributed by atoms with E-state index in [0.29, 0.717) is 5.75 Å². The van der Waals surface area contributed by atoms with Gasteiger partial charge in [0, 0.05) is 18.8 Å². The van der Waals surface area contributed by atoms with Crippen LogP contribution in [0, 0.1) is 0 Å². The minimum absolute atomic E-state index is 0.463. The summed E-state index contributed by atoms with van der Waals surface area (Å²) in [6, 6.07) is 15.8. The third-order valence-electron chi connectivity index (χ3n) is 3.50. The molecule has 0 bridgehead atoms. The van der Waals surface area contributed by atoms with Gasteiger partial charge in [0.05, 0.1) is 0 Å². The molecule has 0 aliphatic carbocycles. The van der Waals surface area contributed by atoms with Gasteiger partial charge in [0.2, 0.25) is 0 Å². The van der Waals surface area contributed by atoms with Crippen LogP contribution in [-0.4, -0.2) is 23.9 Å². The minimum Gasteiger partial charge on any atom is -0.512 e. The summed E-state index contributed by atoms with van der Waals surface area (Å²) < 4.78 is 4.88. The Morgan fingerprint density at radius 2 is 1.95 bits per heavy atom. The van der Waals surface area contributed by atoms with E-state index in [1.807, 2.05) is 18.2 Å². The highest BCUT2D eigenvalue weighted by Gasteiger charge is 2.18. The van der Waals surface area contributed by atoms with Gasteiger partial charge in [-0.2, -0.15) is 0 Å². The third-order valence-corrected chi connectivity index (χ3v) is 3.50. The third kappa shape index (κ3) is 2.79. The molecule has 1 aliphatic heterocycles. The smallest absolute Gasteiger partial charge is 0.512 e. The van der Waals surface area contributed by atoms with Gasteiger partial charge in [-0.15, -0.1) is 0 Å². The van der Waals surface area contributed by atoms with Crippen molar-refractivity contribution in [2.75, 3.05) is 11.4 Å². The zero-order chi connectivity index (χ0) is 13.9. The molecular weight excluding hydrogens is 253 g/mol. The van der Waals surface area contributed by atoms with Crippen LogP contribution < -0.4 is 9.55 Å². The van der Waals surface area contributed by atoms with Crippen LogP contribution in [0.2, 0.25) is 0 Å². The number of fused-ring (bicyclic) bond motifs is 1. The summed E-state index contributed by atoms with van der Waals surface area (Å²) in [4.78, 5) is 2.32. The molecule has 2 N–H and O–H groups in total. The molecule has 4 nitrogen and oxygen atoms in total. The first-order valence-corrected chi connectivity index (χ1v) is 6.67. The van der Waals surface area contributed by atoms with Gasteiger partial charge in [0.15, 0.2) is 0 Å². The number of nitrogens with zero attached hydrogens (tertiary/aromatic N) is 1. The average molecular weight is 269 g/mol. The molecule has 3 rings (SSSR count). The van der Waals surface area contributed by atoms with E-state index in [9.17, 15) is 0 Å². The Hall–Kier alpha value is -1.98. The average Bonchev–Trinajstić information content (AvgIpc) is 2.82. The Balaban J connectivity index is 1.76. The van der Waals surface area contributed by atoms with Crippen LogP contribution in [0.25, 0.3) is 0 Å². The SMILES string of the molecule is OB(O)Oc1cccc(CN2CCc3ccccc32)c1. The predicted octanol–water partition coefficient (Wildman–Crippen LogP) is 1.60. The number of para-hydroxylation sites is 1. The largest absolute Gasteiger partial charge is 0.707 e. The molecule has 0 unspecified atom stereocenters. The molecule has 0 saturated carbocycles. The highest BCUT2D eigenvalue weighted by molar-refractivity contribution is 6.33. The molecular formula is C15H16BNO3. The van der Waals surface area contributed by atoms with E-state index < -0.39 is 7.32 Å². The second kappa shape index (κ2) is 5.57. The molecule has 0 aromatic heterocycles. The number of rotatable bonds is 4. The zero-order valence-corrected chi connectivity index (χ0v) is 11.1. The van der Waals surface area contributed by atoms with E-state index in [0.717, 1.165) is 25.1 Å². The van der Waals surface area contributed by atoms with Crippen LogP contribution in [0.1, 0.15) is 11.1 Å². The van der Waals surface area contributed by atoms with Crippen LogP contribution in [0.3, 0.4) is 0 Å². The van der Waals surface area contributed by atoms with Crippen molar-refractivity contribution in [1.29, 1.82) is 0 Å². The second-order valence-electron chi connectivity index (χ2n) is 4.89. The molecule has 2 aromatic carbocycles. The van der Waals surface area contributed by atoms with E-state index in [4.69, 9.17) is 14.7 Å². The lowest BCUT2D eigenvalue weighted by Crippen LogP contribution is -2.21. The summed E-state index contributed by atoms with van der Waals surface area (Å²) in [6.45, 7) is 1.79.